The fraction of sp³-hybridized carbons (Fsp3) is 0.0714. The van der Waals surface area contributed by atoms with Crippen molar-refractivity contribution in [1.82, 2.24) is 0 Å². The molecule has 0 unspecified atom stereocenters. The summed E-state index contributed by atoms with van der Waals surface area (Å²) < 4.78 is 13.3. The molecule has 0 atom stereocenters. The SMILES string of the molecule is NC(=NO)c1cc(F)ccc1CSc1ccccc1Cl. The van der Waals surface area contributed by atoms with Crippen LogP contribution in [0.5, 0.6) is 0 Å². The lowest BCUT2D eigenvalue weighted by molar-refractivity contribution is 0.318. The van der Waals surface area contributed by atoms with Gasteiger partial charge in [-0.25, -0.2) is 4.39 Å². The standard InChI is InChI=1S/C14H12ClFN2OS/c15-12-3-1-2-4-13(12)20-8-9-5-6-10(16)7-11(9)14(17)18-19/h1-7,19H,8H2,(H2,17,18). The van der Waals surface area contributed by atoms with Crippen LogP contribution in [0.1, 0.15) is 11.1 Å². The predicted octanol–water partition coefficient (Wildman–Crippen LogP) is 3.87. The third-order valence-electron chi connectivity index (χ3n) is 2.68. The smallest absolute Gasteiger partial charge is 0.170 e. The molecule has 0 radical (unpaired) electrons. The molecule has 2 rings (SSSR count). The lowest BCUT2D eigenvalue weighted by Gasteiger charge is -2.09. The molecule has 0 aliphatic heterocycles. The van der Waals surface area contributed by atoms with Gasteiger partial charge < -0.3 is 10.9 Å². The lowest BCUT2D eigenvalue weighted by Crippen LogP contribution is -2.15. The molecule has 0 saturated carbocycles. The Morgan fingerprint density at radius 2 is 2.05 bits per heavy atom. The third kappa shape index (κ3) is 3.43. The van der Waals surface area contributed by atoms with E-state index in [1.807, 2.05) is 18.2 Å². The molecule has 2 aromatic rings. The second-order valence-corrected chi connectivity index (χ2v) is 5.43. The molecule has 0 aliphatic rings. The van der Waals surface area contributed by atoms with E-state index < -0.39 is 5.82 Å². The molecule has 0 saturated heterocycles. The van der Waals surface area contributed by atoms with Gasteiger partial charge in [-0.3, -0.25) is 0 Å². The molecular formula is C14H12ClFN2OS. The lowest BCUT2D eigenvalue weighted by atomic mass is 10.1. The Kier molecular flexibility index (Phi) is 4.87. The van der Waals surface area contributed by atoms with E-state index in [9.17, 15) is 4.39 Å². The second-order valence-electron chi connectivity index (χ2n) is 4.01. The maximum Gasteiger partial charge on any atom is 0.170 e. The zero-order valence-electron chi connectivity index (χ0n) is 10.4. The van der Waals surface area contributed by atoms with Crippen LogP contribution < -0.4 is 5.73 Å². The maximum atomic E-state index is 13.3. The van der Waals surface area contributed by atoms with Crippen molar-refractivity contribution in [2.24, 2.45) is 10.9 Å². The maximum absolute atomic E-state index is 13.3. The van der Waals surface area contributed by atoms with Gasteiger partial charge in [0, 0.05) is 16.2 Å². The van der Waals surface area contributed by atoms with Crippen molar-refractivity contribution in [3.63, 3.8) is 0 Å². The molecule has 2 aromatic carbocycles. The van der Waals surface area contributed by atoms with E-state index in [2.05, 4.69) is 5.16 Å². The quantitative estimate of drug-likeness (QED) is 0.296. The van der Waals surface area contributed by atoms with Gasteiger partial charge in [-0.2, -0.15) is 0 Å². The summed E-state index contributed by atoms with van der Waals surface area (Å²) in [5, 5.41) is 12.3. The van der Waals surface area contributed by atoms with E-state index >= 15 is 0 Å². The normalized spacial score (nSPS) is 11.6. The van der Waals surface area contributed by atoms with Crippen LogP contribution in [0.15, 0.2) is 52.5 Å². The molecule has 3 nitrogen and oxygen atoms in total. The summed E-state index contributed by atoms with van der Waals surface area (Å²) in [5.74, 6) is -0.00685. The zero-order valence-corrected chi connectivity index (χ0v) is 12.0. The summed E-state index contributed by atoms with van der Waals surface area (Å²) >= 11 is 7.58. The number of thioether (sulfide) groups is 1. The molecule has 0 heterocycles. The fourth-order valence-electron chi connectivity index (χ4n) is 1.68. The number of nitrogens with two attached hydrogens (primary N) is 1. The van der Waals surface area contributed by atoms with Crippen LogP contribution in [-0.2, 0) is 5.75 Å². The highest BCUT2D eigenvalue weighted by Gasteiger charge is 2.10. The van der Waals surface area contributed by atoms with E-state index in [4.69, 9.17) is 22.5 Å². The number of halogens is 2. The molecule has 0 aromatic heterocycles. The average molecular weight is 311 g/mol. The first-order valence-corrected chi connectivity index (χ1v) is 7.12. The van der Waals surface area contributed by atoms with Crippen LogP contribution in [0, 0.1) is 5.82 Å². The van der Waals surface area contributed by atoms with Gasteiger partial charge in [0.15, 0.2) is 5.84 Å². The van der Waals surface area contributed by atoms with Gasteiger partial charge in [0.25, 0.3) is 0 Å². The number of hydrogen-bond acceptors (Lipinski definition) is 3. The molecule has 0 aliphatic carbocycles. The van der Waals surface area contributed by atoms with Gasteiger partial charge in [-0.05, 0) is 29.8 Å². The number of benzene rings is 2. The van der Waals surface area contributed by atoms with Gasteiger partial charge in [0.2, 0.25) is 0 Å². The molecule has 20 heavy (non-hydrogen) atoms. The number of hydrogen-bond donors (Lipinski definition) is 2. The van der Waals surface area contributed by atoms with E-state index in [0.717, 1.165) is 10.5 Å². The minimum absolute atomic E-state index is 0.112. The second kappa shape index (κ2) is 6.63. The summed E-state index contributed by atoms with van der Waals surface area (Å²) in [7, 11) is 0. The van der Waals surface area contributed by atoms with E-state index in [0.29, 0.717) is 16.3 Å². The van der Waals surface area contributed by atoms with Crippen LogP contribution in [0.25, 0.3) is 0 Å². The van der Waals surface area contributed by atoms with Gasteiger partial charge in [0.05, 0.1) is 5.02 Å². The average Bonchev–Trinajstić information content (AvgIpc) is 2.46. The first kappa shape index (κ1) is 14.7. The molecule has 0 bridgehead atoms. The van der Waals surface area contributed by atoms with Gasteiger partial charge in [0.1, 0.15) is 5.82 Å². The summed E-state index contributed by atoms with van der Waals surface area (Å²) in [5.41, 5.74) is 6.71. The Bertz CT molecular complexity index is 649. The summed E-state index contributed by atoms with van der Waals surface area (Å²) in [4.78, 5) is 0.920. The molecule has 0 fully saturated rings. The monoisotopic (exact) mass is 310 g/mol. The summed E-state index contributed by atoms with van der Waals surface area (Å²) in [6, 6.07) is 11.7. The largest absolute Gasteiger partial charge is 0.409 e. The highest BCUT2D eigenvalue weighted by Crippen LogP contribution is 2.30. The summed E-state index contributed by atoms with van der Waals surface area (Å²) in [6.45, 7) is 0. The highest BCUT2D eigenvalue weighted by molar-refractivity contribution is 7.98. The number of oxime groups is 1. The fourth-order valence-corrected chi connectivity index (χ4v) is 2.93. The van der Waals surface area contributed by atoms with Crippen LogP contribution in [0.2, 0.25) is 5.02 Å². The van der Waals surface area contributed by atoms with Gasteiger partial charge in [-0.1, -0.05) is 35.0 Å². The van der Waals surface area contributed by atoms with Crippen molar-refractivity contribution in [2.45, 2.75) is 10.6 Å². The molecule has 3 N–H and O–H groups in total. The van der Waals surface area contributed by atoms with Crippen molar-refractivity contribution in [3.05, 3.63) is 64.4 Å². The molecule has 6 heteroatoms. The van der Waals surface area contributed by atoms with Crippen molar-refractivity contribution >= 4 is 29.2 Å². The van der Waals surface area contributed by atoms with Crippen LogP contribution >= 0.6 is 23.4 Å². The Morgan fingerprint density at radius 1 is 1.30 bits per heavy atom. The molecule has 0 amide bonds. The molecule has 0 spiro atoms. The van der Waals surface area contributed by atoms with Crippen molar-refractivity contribution < 1.29 is 9.60 Å². The van der Waals surface area contributed by atoms with Crippen molar-refractivity contribution in [3.8, 4) is 0 Å². The Balaban J connectivity index is 2.24. The Morgan fingerprint density at radius 3 is 2.75 bits per heavy atom. The number of nitrogens with zero attached hydrogens (tertiary/aromatic N) is 1. The molecular weight excluding hydrogens is 299 g/mol. The first-order valence-electron chi connectivity index (χ1n) is 5.75. The summed E-state index contributed by atoms with van der Waals surface area (Å²) in [6.07, 6.45) is 0. The van der Waals surface area contributed by atoms with Gasteiger partial charge >= 0.3 is 0 Å². The van der Waals surface area contributed by atoms with E-state index in [1.54, 1.807) is 12.1 Å². The van der Waals surface area contributed by atoms with E-state index in [1.165, 1.54) is 23.9 Å². The predicted molar refractivity (Wildman–Crippen MR) is 79.9 cm³/mol. The minimum atomic E-state index is -0.432. The Labute approximate surface area is 125 Å². The third-order valence-corrected chi connectivity index (χ3v) is 4.24. The minimum Gasteiger partial charge on any atom is -0.409 e. The van der Waals surface area contributed by atoms with Crippen molar-refractivity contribution in [2.75, 3.05) is 0 Å². The Hall–Kier alpha value is -1.72. The van der Waals surface area contributed by atoms with E-state index in [-0.39, 0.29) is 5.84 Å². The zero-order chi connectivity index (χ0) is 14.5. The molecule has 104 valence electrons. The topological polar surface area (TPSA) is 58.6 Å². The first-order chi connectivity index (χ1) is 9.61. The van der Waals surface area contributed by atoms with Crippen molar-refractivity contribution in [1.29, 1.82) is 0 Å². The highest BCUT2D eigenvalue weighted by atomic mass is 35.5. The van der Waals surface area contributed by atoms with Gasteiger partial charge in [-0.15, -0.1) is 11.8 Å². The number of rotatable bonds is 4. The number of amidine groups is 1. The van der Waals surface area contributed by atoms with Crippen LogP contribution in [0.3, 0.4) is 0 Å². The van der Waals surface area contributed by atoms with Crippen LogP contribution in [-0.4, -0.2) is 11.0 Å². The van der Waals surface area contributed by atoms with Crippen LogP contribution in [0.4, 0.5) is 4.39 Å².